The number of carbonyl (C=O) groups excluding carboxylic acids is 1. The topological polar surface area (TPSA) is 55.3 Å². The van der Waals surface area contributed by atoms with Crippen LogP contribution in [0, 0.1) is 12.8 Å². The lowest BCUT2D eigenvalue weighted by Crippen LogP contribution is -2.22. The quantitative estimate of drug-likeness (QED) is 0.760. The number of rotatable bonds is 5. The molecule has 26 heavy (non-hydrogen) atoms. The summed E-state index contributed by atoms with van der Waals surface area (Å²) in [5.41, 5.74) is -0.0983. The highest BCUT2D eigenvalue weighted by Gasteiger charge is 2.33. The Morgan fingerprint density at radius 1 is 1.31 bits per heavy atom. The molecule has 3 rings (SSSR count). The van der Waals surface area contributed by atoms with Gasteiger partial charge in [0.05, 0.1) is 18.0 Å². The Morgan fingerprint density at radius 3 is 2.65 bits per heavy atom. The molecule has 0 spiro atoms. The molecule has 1 saturated heterocycles. The van der Waals surface area contributed by atoms with E-state index in [1.807, 2.05) is 4.90 Å². The molecular formula is C18H18F3N3O2. The van der Waals surface area contributed by atoms with Gasteiger partial charge in [-0.1, -0.05) is 12.1 Å². The van der Waals surface area contributed by atoms with Gasteiger partial charge in [0.1, 0.15) is 12.9 Å². The maximum absolute atomic E-state index is 13.1. The average Bonchev–Trinajstić information content (AvgIpc) is 3.09. The second kappa shape index (κ2) is 7.31. The van der Waals surface area contributed by atoms with Gasteiger partial charge in [0, 0.05) is 24.6 Å². The van der Waals surface area contributed by atoms with Crippen LogP contribution in [0.1, 0.15) is 23.1 Å². The molecule has 1 atom stereocenters. The first-order valence-corrected chi connectivity index (χ1v) is 8.19. The zero-order valence-corrected chi connectivity index (χ0v) is 14.2. The molecule has 1 aromatic heterocycles. The zero-order valence-electron chi connectivity index (χ0n) is 14.2. The number of anilines is 1. The molecule has 2 heterocycles. The minimum Gasteiger partial charge on any atom is -0.486 e. The summed E-state index contributed by atoms with van der Waals surface area (Å²) in [6, 6.07) is 4.04. The van der Waals surface area contributed by atoms with Crippen molar-refractivity contribution in [1.29, 1.82) is 0 Å². The number of aryl methyl sites for hydroxylation is 1. The highest BCUT2D eigenvalue weighted by Crippen LogP contribution is 2.33. The molecule has 0 saturated carbocycles. The summed E-state index contributed by atoms with van der Waals surface area (Å²) in [6.07, 6.45) is 0.122. The van der Waals surface area contributed by atoms with E-state index in [1.54, 1.807) is 13.0 Å². The van der Waals surface area contributed by atoms with Crippen LogP contribution in [0.3, 0.4) is 0 Å². The van der Waals surface area contributed by atoms with Gasteiger partial charge in [-0.25, -0.2) is 9.97 Å². The highest BCUT2D eigenvalue weighted by atomic mass is 19.4. The number of hydrogen-bond donors (Lipinski definition) is 0. The van der Waals surface area contributed by atoms with Crippen LogP contribution in [-0.4, -0.2) is 29.3 Å². The molecule has 0 bridgehead atoms. The molecule has 0 aliphatic carbocycles. The fourth-order valence-corrected chi connectivity index (χ4v) is 2.94. The van der Waals surface area contributed by atoms with E-state index in [2.05, 4.69) is 9.97 Å². The van der Waals surface area contributed by atoms with Crippen molar-refractivity contribution in [3.8, 4) is 5.75 Å². The van der Waals surface area contributed by atoms with Crippen molar-refractivity contribution < 1.29 is 22.7 Å². The fraction of sp³-hybridized carbons (Fsp3) is 0.389. The van der Waals surface area contributed by atoms with E-state index in [0.29, 0.717) is 24.6 Å². The van der Waals surface area contributed by atoms with Gasteiger partial charge in [0.15, 0.2) is 5.75 Å². The summed E-state index contributed by atoms with van der Waals surface area (Å²) >= 11 is 0. The van der Waals surface area contributed by atoms with E-state index in [0.717, 1.165) is 18.8 Å². The maximum Gasteiger partial charge on any atom is 0.416 e. The first-order valence-electron chi connectivity index (χ1n) is 8.19. The SMILES string of the molecule is Cc1cccc(C(F)(F)F)c1COc1cnc(N2CC[C@H](C=O)C2)nc1. The third kappa shape index (κ3) is 3.95. The summed E-state index contributed by atoms with van der Waals surface area (Å²) in [4.78, 5) is 21.1. The van der Waals surface area contributed by atoms with Gasteiger partial charge in [-0.15, -0.1) is 0 Å². The Bertz CT molecular complexity index is 778. The number of benzene rings is 1. The number of aromatic nitrogens is 2. The molecule has 5 nitrogen and oxygen atoms in total. The van der Waals surface area contributed by atoms with E-state index in [4.69, 9.17) is 4.74 Å². The highest BCUT2D eigenvalue weighted by molar-refractivity contribution is 5.56. The Morgan fingerprint density at radius 2 is 2.04 bits per heavy atom. The first-order chi connectivity index (χ1) is 12.4. The van der Waals surface area contributed by atoms with Crippen molar-refractivity contribution >= 4 is 12.2 Å². The zero-order chi connectivity index (χ0) is 18.7. The van der Waals surface area contributed by atoms with Crippen molar-refractivity contribution in [1.82, 2.24) is 9.97 Å². The summed E-state index contributed by atoms with van der Waals surface area (Å²) in [6.45, 7) is 2.66. The van der Waals surface area contributed by atoms with Crippen LogP contribution >= 0.6 is 0 Å². The largest absolute Gasteiger partial charge is 0.486 e. The molecule has 2 aromatic rings. The normalized spacial score (nSPS) is 17.4. The van der Waals surface area contributed by atoms with Gasteiger partial charge in [-0.3, -0.25) is 0 Å². The van der Waals surface area contributed by atoms with Gasteiger partial charge in [-0.05, 0) is 25.0 Å². The Kier molecular flexibility index (Phi) is 5.11. The van der Waals surface area contributed by atoms with Gasteiger partial charge in [0.25, 0.3) is 0 Å². The van der Waals surface area contributed by atoms with Crippen molar-refractivity contribution in [2.24, 2.45) is 5.92 Å². The molecule has 0 N–H and O–H groups in total. The number of aldehydes is 1. The predicted octanol–water partition coefficient (Wildman–Crippen LogP) is 3.41. The number of halogens is 3. The van der Waals surface area contributed by atoms with Crippen molar-refractivity contribution in [2.45, 2.75) is 26.1 Å². The molecule has 0 unspecified atom stereocenters. The van der Waals surface area contributed by atoms with E-state index in [9.17, 15) is 18.0 Å². The van der Waals surface area contributed by atoms with Crippen molar-refractivity contribution in [3.63, 3.8) is 0 Å². The Balaban J connectivity index is 1.69. The molecule has 0 radical (unpaired) electrons. The molecule has 1 fully saturated rings. The molecular weight excluding hydrogens is 347 g/mol. The third-order valence-corrected chi connectivity index (χ3v) is 4.41. The Hall–Kier alpha value is -2.64. The fourth-order valence-electron chi connectivity index (χ4n) is 2.94. The first kappa shape index (κ1) is 18.2. The van der Waals surface area contributed by atoms with Gasteiger partial charge < -0.3 is 14.4 Å². The summed E-state index contributed by atoms with van der Waals surface area (Å²) in [5.74, 6) is 0.751. The molecule has 8 heteroatoms. The molecule has 1 aliphatic rings. The van der Waals surface area contributed by atoms with Crippen LogP contribution in [0.25, 0.3) is 0 Å². The smallest absolute Gasteiger partial charge is 0.416 e. The molecule has 1 aliphatic heterocycles. The number of nitrogens with zero attached hydrogens (tertiary/aromatic N) is 3. The molecule has 1 aromatic carbocycles. The lowest BCUT2D eigenvalue weighted by molar-refractivity contribution is -0.138. The second-order valence-corrected chi connectivity index (χ2v) is 6.24. The number of hydrogen-bond acceptors (Lipinski definition) is 5. The standard InChI is InChI=1S/C18H18F3N3O2/c1-12-3-2-4-16(18(19,20)21)15(12)11-26-14-7-22-17(23-8-14)24-6-5-13(9-24)10-25/h2-4,7-8,10,13H,5-6,9,11H2,1H3/t13-/m0/s1. The van der Waals surface area contributed by atoms with Crippen molar-refractivity contribution in [2.75, 3.05) is 18.0 Å². The van der Waals surface area contributed by atoms with Gasteiger partial charge in [-0.2, -0.15) is 13.2 Å². The van der Waals surface area contributed by atoms with Crippen LogP contribution < -0.4 is 9.64 Å². The maximum atomic E-state index is 13.1. The van der Waals surface area contributed by atoms with Gasteiger partial charge in [0.2, 0.25) is 5.95 Å². The third-order valence-electron chi connectivity index (χ3n) is 4.41. The summed E-state index contributed by atoms with van der Waals surface area (Å²) < 4.78 is 44.9. The lowest BCUT2D eigenvalue weighted by atomic mass is 10.0. The number of carbonyl (C=O) groups is 1. The second-order valence-electron chi connectivity index (χ2n) is 6.24. The number of alkyl halides is 3. The summed E-state index contributed by atoms with van der Waals surface area (Å²) in [7, 11) is 0. The van der Waals surface area contributed by atoms with Crippen molar-refractivity contribution in [3.05, 3.63) is 47.3 Å². The lowest BCUT2D eigenvalue weighted by Gasteiger charge is -2.17. The minimum absolute atomic E-state index is 0.0172. The predicted molar refractivity (Wildman–Crippen MR) is 88.9 cm³/mol. The van der Waals surface area contributed by atoms with Crippen LogP contribution in [0.4, 0.5) is 19.1 Å². The molecule has 138 valence electrons. The summed E-state index contributed by atoms with van der Waals surface area (Å²) in [5, 5.41) is 0. The van der Waals surface area contributed by atoms with Crippen LogP contribution in [0.15, 0.2) is 30.6 Å². The Labute approximate surface area is 148 Å². The van der Waals surface area contributed by atoms with Crippen LogP contribution in [0.5, 0.6) is 5.75 Å². The minimum atomic E-state index is -4.43. The van der Waals surface area contributed by atoms with Gasteiger partial charge >= 0.3 is 6.18 Å². The van der Waals surface area contributed by atoms with E-state index >= 15 is 0 Å². The van der Waals surface area contributed by atoms with E-state index < -0.39 is 11.7 Å². The molecule has 0 amide bonds. The monoisotopic (exact) mass is 365 g/mol. The average molecular weight is 365 g/mol. The number of ether oxygens (including phenoxy) is 1. The van der Waals surface area contributed by atoms with E-state index in [-0.39, 0.29) is 23.8 Å². The van der Waals surface area contributed by atoms with Crippen LogP contribution in [0.2, 0.25) is 0 Å². The van der Waals surface area contributed by atoms with E-state index in [1.165, 1.54) is 18.5 Å². The van der Waals surface area contributed by atoms with Crippen LogP contribution in [-0.2, 0) is 17.6 Å².